The number of aliphatic imine (C=N–C) groups is 1. The molecule has 8 heteroatoms. The van der Waals surface area contributed by atoms with Crippen LogP contribution in [0.1, 0.15) is 5.56 Å². The normalized spacial score (nSPS) is 17.2. The van der Waals surface area contributed by atoms with Crippen LogP contribution in [0.4, 0.5) is 11.4 Å². The highest BCUT2D eigenvalue weighted by molar-refractivity contribution is 8.18. The third kappa shape index (κ3) is 3.44. The zero-order valence-electron chi connectivity index (χ0n) is 12.2. The maximum Gasteiger partial charge on any atom is 0.311 e. The number of aromatic hydroxyl groups is 1. The summed E-state index contributed by atoms with van der Waals surface area (Å²) in [5.74, 6) is -0.748. The van der Waals surface area contributed by atoms with Crippen LogP contribution in [-0.2, 0) is 4.79 Å². The molecule has 0 aromatic heterocycles. The highest BCUT2D eigenvalue weighted by Crippen LogP contribution is 2.31. The molecule has 1 amide bonds. The summed E-state index contributed by atoms with van der Waals surface area (Å²) in [6.45, 7) is 0. The first-order chi connectivity index (χ1) is 11.5. The van der Waals surface area contributed by atoms with Crippen molar-refractivity contribution in [1.82, 2.24) is 5.32 Å². The van der Waals surface area contributed by atoms with Gasteiger partial charge in [0.15, 0.2) is 10.9 Å². The minimum Gasteiger partial charge on any atom is -0.502 e. The Balaban J connectivity index is 1.87. The number of amides is 1. The smallest absolute Gasteiger partial charge is 0.311 e. The van der Waals surface area contributed by atoms with Gasteiger partial charge in [0.2, 0.25) is 0 Å². The van der Waals surface area contributed by atoms with E-state index in [2.05, 4.69) is 10.3 Å². The summed E-state index contributed by atoms with van der Waals surface area (Å²) in [7, 11) is 0. The summed E-state index contributed by atoms with van der Waals surface area (Å²) in [6, 6.07) is 13.1. The number of amidine groups is 1. The standard InChI is InChI=1S/C16H11N3O4S/c20-13-7-6-10(8-12(13)19(22)23)9-14-15(21)18-16(24-14)17-11-4-2-1-3-5-11/h1-9,20H,(H,17,18,21). The Morgan fingerprint density at radius 3 is 2.67 bits per heavy atom. The number of carbonyl (C=O) groups excluding carboxylic acids is 1. The Kier molecular flexibility index (Phi) is 4.30. The Morgan fingerprint density at radius 2 is 1.96 bits per heavy atom. The molecule has 1 heterocycles. The van der Waals surface area contributed by atoms with E-state index in [1.807, 2.05) is 30.3 Å². The average molecular weight is 341 g/mol. The molecule has 0 spiro atoms. The van der Waals surface area contributed by atoms with Crippen molar-refractivity contribution in [2.75, 3.05) is 0 Å². The second kappa shape index (κ2) is 6.55. The van der Waals surface area contributed by atoms with Crippen molar-refractivity contribution in [2.24, 2.45) is 4.99 Å². The maximum atomic E-state index is 12.0. The summed E-state index contributed by atoms with van der Waals surface area (Å²) in [4.78, 5) is 26.9. The number of benzene rings is 2. The van der Waals surface area contributed by atoms with Crippen molar-refractivity contribution < 1.29 is 14.8 Å². The number of carbonyl (C=O) groups is 1. The van der Waals surface area contributed by atoms with Gasteiger partial charge in [0.05, 0.1) is 15.5 Å². The zero-order chi connectivity index (χ0) is 17.1. The topological polar surface area (TPSA) is 105 Å². The van der Waals surface area contributed by atoms with Gasteiger partial charge in [-0.2, -0.15) is 0 Å². The van der Waals surface area contributed by atoms with Gasteiger partial charge >= 0.3 is 5.69 Å². The van der Waals surface area contributed by atoms with Gasteiger partial charge in [0.25, 0.3) is 5.91 Å². The molecule has 0 bridgehead atoms. The molecular weight excluding hydrogens is 330 g/mol. The van der Waals surface area contributed by atoms with Gasteiger partial charge in [0, 0.05) is 6.07 Å². The van der Waals surface area contributed by atoms with Crippen LogP contribution in [0.3, 0.4) is 0 Å². The molecule has 0 unspecified atom stereocenters. The molecule has 7 nitrogen and oxygen atoms in total. The molecular formula is C16H11N3O4S. The van der Waals surface area contributed by atoms with Crippen molar-refractivity contribution in [1.29, 1.82) is 0 Å². The van der Waals surface area contributed by atoms with Gasteiger partial charge in [0.1, 0.15) is 0 Å². The second-order valence-corrected chi connectivity index (χ2v) is 5.85. The fraction of sp³-hybridized carbons (Fsp3) is 0. The van der Waals surface area contributed by atoms with Crippen LogP contribution in [0.15, 0.2) is 58.4 Å². The molecule has 0 atom stereocenters. The molecule has 1 saturated heterocycles. The minimum atomic E-state index is -0.679. The van der Waals surface area contributed by atoms with Gasteiger partial charge in [-0.3, -0.25) is 14.9 Å². The first kappa shape index (κ1) is 15.8. The first-order valence-electron chi connectivity index (χ1n) is 6.85. The zero-order valence-corrected chi connectivity index (χ0v) is 13.0. The van der Waals surface area contributed by atoms with Crippen LogP contribution in [0.2, 0.25) is 0 Å². The van der Waals surface area contributed by atoms with Crippen LogP contribution >= 0.6 is 11.8 Å². The second-order valence-electron chi connectivity index (χ2n) is 4.82. The molecule has 1 aliphatic heterocycles. The van der Waals surface area contributed by atoms with E-state index in [1.54, 1.807) is 0 Å². The number of rotatable bonds is 3. The van der Waals surface area contributed by atoms with E-state index in [1.165, 1.54) is 24.3 Å². The van der Waals surface area contributed by atoms with Crippen molar-refractivity contribution in [3.8, 4) is 5.75 Å². The molecule has 0 radical (unpaired) electrons. The first-order valence-corrected chi connectivity index (χ1v) is 7.66. The van der Waals surface area contributed by atoms with Gasteiger partial charge < -0.3 is 10.4 Å². The monoisotopic (exact) mass is 341 g/mol. The lowest BCUT2D eigenvalue weighted by Gasteiger charge is -1.98. The number of thioether (sulfide) groups is 1. The number of para-hydroxylation sites is 1. The van der Waals surface area contributed by atoms with Crippen LogP contribution in [-0.4, -0.2) is 21.1 Å². The lowest BCUT2D eigenvalue weighted by atomic mass is 10.1. The largest absolute Gasteiger partial charge is 0.502 e. The van der Waals surface area contributed by atoms with E-state index in [0.717, 1.165) is 11.8 Å². The fourth-order valence-electron chi connectivity index (χ4n) is 2.03. The number of nitrogens with zero attached hydrogens (tertiary/aromatic N) is 2. The van der Waals surface area contributed by atoms with E-state index in [-0.39, 0.29) is 5.91 Å². The van der Waals surface area contributed by atoms with Gasteiger partial charge in [-0.1, -0.05) is 24.3 Å². The van der Waals surface area contributed by atoms with E-state index in [0.29, 0.717) is 21.3 Å². The predicted molar refractivity (Wildman–Crippen MR) is 92.0 cm³/mol. The fourth-order valence-corrected chi connectivity index (χ4v) is 2.87. The molecule has 2 aromatic rings. The lowest BCUT2D eigenvalue weighted by molar-refractivity contribution is -0.385. The number of phenols is 1. The number of nitro benzene ring substituents is 1. The highest BCUT2D eigenvalue weighted by atomic mass is 32.2. The molecule has 2 aromatic carbocycles. The number of hydrogen-bond donors (Lipinski definition) is 2. The highest BCUT2D eigenvalue weighted by Gasteiger charge is 2.24. The maximum absolute atomic E-state index is 12.0. The summed E-state index contributed by atoms with van der Waals surface area (Å²) >= 11 is 1.14. The van der Waals surface area contributed by atoms with Crippen LogP contribution in [0.25, 0.3) is 6.08 Å². The summed E-state index contributed by atoms with van der Waals surface area (Å²) in [6.07, 6.45) is 1.51. The van der Waals surface area contributed by atoms with Gasteiger partial charge in [-0.15, -0.1) is 0 Å². The van der Waals surface area contributed by atoms with E-state index in [9.17, 15) is 20.0 Å². The van der Waals surface area contributed by atoms with Crippen molar-refractivity contribution >= 4 is 40.3 Å². The number of nitro groups is 1. The van der Waals surface area contributed by atoms with Crippen molar-refractivity contribution in [3.63, 3.8) is 0 Å². The van der Waals surface area contributed by atoms with Crippen LogP contribution in [0.5, 0.6) is 5.75 Å². The molecule has 2 N–H and O–H groups in total. The molecule has 3 rings (SSSR count). The predicted octanol–water partition coefficient (Wildman–Crippen LogP) is 3.19. The Labute approximate surface area is 140 Å². The number of nitrogens with one attached hydrogen (secondary N) is 1. The molecule has 0 aliphatic carbocycles. The molecule has 0 saturated carbocycles. The Morgan fingerprint density at radius 1 is 1.21 bits per heavy atom. The van der Waals surface area contributed by atoms with Crippen molar-refractivity contribution in [3.05, 3.63) is 69.1 Å². The molecule has 1 aliphatic rings. The lowest BCUT2D eigenvalue weighted by Crippen LogP contribution is -2.19. The number of hydrogen-bond acceptors (Lipinski definition) is 6. The van der Waals surface area contributed by atoms with E-state index >= 15 is 0 Å². The molecule has 120 valence electrons. The van der Waals surface area contributed by atoms with Crippen molar-refractivity contribution in [2.45, 2.75) is 0 Å². The number of phenolic OH excluding ortho intramolecular Hbond substituents is 1. The van der Waals surface area contributed by atoms with E-state index in [4.69, 9.17) is 0 Å². The Hall–Kier alpha value is -3.13. The third-order valence-corrected chi connectivity index (χ3v) is 4.04. The van der Waals surface area contributed by atoms with E-state index < -0.39 is 16.4 Å². The quantitative estimate of drug-likeness (QED) is 0.507. The van der Waals surface area contributed by atoms with Gasteiger partial charge in [-0.25, -0.2) is 4.99 Å². The third-order valence-electron chi connectivity index (χ3n) is 3.13. The Bertz CT molecular complexity index is 878. The summed E-state index contributed by atoms with van der Waals surface area (Å²) in [5.41, 5.74) is 0.742. The van der Waals surface area contributed by atoms with Crippen LogP contribution < -0.4 is 5.32 Å². The summed E-state index contributed by atoms with van der Waals surface area (Å²) in [5, 5.41) is 23.4. The van der Waals surface area contributed by atoms with Crippen LogP contribution in [0, 0.1) is 10.1 Å². The molecule has 1 fully saturated rings. The molecule has 24 heavy (non-hydrogen) atoms. The average Bonchev–Trinajstić information content (AvgIpc) is 2.89. The van der Waals surface area contributed by atoms with Gasteiger partial charge in [-0.05, 0) is 41.6 Å². The minimum absolute atomic E-state index is 0.328. The summed E-state index contributed by atoms with van der Waals surface area (Å²) < 4.78 is 0. The SMILES string of the molecule is O=C1NC(=Nc2ccccc2)SC1=Cc1ccc(O)c([N+](=O)[O-])c1.